The Hall–Kier alpha value is -3.46. The summed E-state index contributed by atoms with van der Waals surface area (Å²) < 4.78 is 19.4. The SMILES string of the molecule is CCC(=O)N1CC2(CCN(C(=O)Nc3ccccc3F)CC2)C2=c3ccc(OC)cc3=NC2[C@H]1CO. The molecule has 2 saturated heterocycles. The van der Waals surface area contributed by atoms with Crippen LogP contribution in [0.25, 0.3) is 5.57 Å². The third kappa shape index (κ3) is 4.01. The summed E-state index contributed by atoms with van der Waals surface area (Å²) in [5.41, 5.74) is 0.908. The number of ether oxygens (including phenoxy) is 1. The Bertz CT molecular complexity index is 1310. The van der Waals surface area contributed by atoms with E-state index < -0.39 is 11.9 Å². The normalized spacial score (nSPS) is 22.1. The lowest BCUT2D eigenvalue weighted by Gasteiger charge is -2.53. The average molecular weight is 495 g/mol. The first-order valence-corrected chi connectivity index (χ1v) is 12.4. The molecule has 2 atom stereocenters. The molecule has 2 aromatic rings. The zero-order chi connectivity index (χ0) is 25.4. The highest BCUT2D eigenvalue weighted by atomic mass is 19.1. The summed E-state index contributed by atoms with van der Waals surface area (Å²) in [5.74, 6) is 0.205. The Morgan fingerprint density at radius 2 is 1.97 bits per heavy atom. The van der Waals surface area contributed by atoms with Gasteiger partial charge in [0.2, 0.25) is 5.91 Å². The van der Waals surface area contributed by atoms with Gasteiger partial charge in [0.25, 0.3) is 0 Å². The second-order valence-corrected chi connectivity index (χ2v) is 9.67. The summed E-state index contributed by atoms with van der Waals surface area (Å²) >= 11 is 0. The van der Waals surface area contributed by atoms with Crippen molar-refractivity contribution in [1.29, 1.82) is 0 Å². The van der Waals surface area contributed by atoms with Crippen LogP contribution in [0.3, 0.4) is 0 Å². The topological polar surface area (TPSA) is 94.5 Å². The molecule has 36 heavy (non-hydrogen) atoms. The van der Waals surface area contributed by atoms with Gasteiger partial charge in [0.15, 0.2) is 0 Å². The molecule has 3 aliphatic heterocycles. The van der Waals surface area contributed by atoms with Crippen molar-refractivity contribution < 1.29 is 23.8 Å². The largest absolute Gasteiger partial charge is 0.497 e. The summed E-state index contributed by atoms with van der Waals surface area (Å²) in [6.07, 6.45) is 1.61. The third-order valence-corrected chi connectivity index (χ3v) is 7.81. The van der Waals surface area contributed by atoms with Gasteiger partial charge in [-0.15, -0.1) is 0 Å². The van der Waals surface area contributed by atoms with Crippen LogP contribution in [0, 0.1) is 11.2 Å². The number of anilines is 1. The lowest BCUT2D eigenvalue weighted by atomic mass is 9.65. The maximum absolute atomic E-state index is 14.1. The first-order valence-electron chi connectivity index (χ1n) is 12.4. The van der Waals surface area contributed by atoms with Gasteiger partial charge in [-0.05, 0) is 42.7 Å². The first-order chi connectivity index (χ1) is 17.4. The average Bonchev–Trinajstić information content (AvgIpc) is 3.29. The number of nitrogens with zero attached hydrogens (tertiary/aromatic N) is 3. The number of halogens is 1. The van der Waals surface area contributed by atoms with Crippen LogP contribution < -0.4 is 20.6 Å². The number of piperidine rings is 2. The van der Waals surface area contributed by atoms with E-state index in [2.05, 4.69) is 5.32 Å². The zero-order valence-electron chi connectivity index (χ0n) is 20.5. The van der Waals surface area contributed by atoms with Gasteiger partial charge in [-0.2, -0.15) is 0 Å². The molecule has 3 amide bonds. The van der Waals surface area contributed by atoms with E-state index in [4.69, 9.17) is 9.73 Å². The monoisotopic (exact) mass is 494 g/mol. The number of benzene rings is 2. The third-order valence-electron chi connectivity index (χ3n) is 7.81. The minimum absolute atomic E-state index is 0.0177. The van der Waals surface area contributed by atoms with Crippen molar-refractivity contribution in [1.82, 2.24) is 9.80 Å². The Kier molecular flexibility index (Phi) is 6.42. The quantitative estimate of drug-likeness (QED) is 0.679. The standard InChI is InChI=1S/C27H31FN4O4/c1-3-23(34)32-16-27(10-12-31(13-11-27)26(35)30-20-7-5-4-6-19(20)28)24-18-9-8-17(36-2)14-21(18)29-25(24)22(32)15-33/h4-9,14,22,25,33H,3,10-13,15-16H2,1-2H3,(H,30,35)/t22-,25?/m1/s1. The molecule has 1 unspecified atom stereocenters. The van der Waals surface area contributed by atoms with Gasteiger partial charge < -0.3 is 25.0 Å². The molecule has 1 spiro atoms. The van der Waals surface area contributed by atoms with Crippen LogP contribution in [0.1, 0.15) is 26.2 Å². The van der Waals surface area contributed by atoms with Crippen LogP contribution in [0.5, 0.6) is 5.75 Å². The van der Waals surface area contributed by atoms with Crippen LogP contribution in [-0.4, -0.2) is 72.3 Å². The lowest BCUT2D eigenvalue weighted by Crippen LogP contribution is -2.62. The first kappa shape index (κ1) is 24.2. The van der Waals surface area contributed by atoms with Crippen molar-refractivity contribution in [2.24, 2.45) is 10.4 Å². The number of hydrogen-bond donors (Lipinski definition) is 2. The molecule has 2 N–H and O–H groups in total. The second-order valence-electron chi connectivity index (χ2n) is 9.67. The van der Waals surface area contributed by atoms with Crippen molar-refractivity contribution in [3.05, 3.63) is 58.9 Å². The van der Waals surface area contributed by atoms with Crippen molar-refractivity contribution >= 4 is 23.2 Å². The second kappa shape index (κ2) is 9.54. The summed E-state index contributed by atoms with van der Waals surface area (Å²) in [7, 11) is 1.61. The van der Waals surface area contributed by atoms with E-state index in [1.807, 2.05) is 25.1 Å². The highest BCUT2D eigenvalue weighted by molar-refractivity contribution is 5.89. The summed E-state index contributed by atoms with van der Waals surface area (Å²) in [4.78, 5) is 34.3. The number of methoxy groups -OCH3 is 1. The van der Waals surface area contributed by atoms with E-state index in [9.17, 15) is 19.1 Å². The number of likely N-dealkylation sites (tertiary alicyclic amines) is 2. The van der Waals surface area contributed by atoms with E-state index in [-0.39, 0.29) is 35.7 Å². The Morgan fingerprint density at radius 1 is 1.22 bits per heavy atom. The van der Waals surface area contributed by atoms with Crippen LogP contribution in [0.15, 0.2) is 47.5 Å². The number of rotatable bonds is 4. The van der Waals surface area contributed by atoms with Gasteiger partial charge in [0.1, 0.15) is 11.6 Å². The maximum Gasteiger partial charge on any atom is 0.321 e. The lowest BCUT2D eigenvalue weighted by molar-refractivity contribution is -0.137. The van der Waals surface area contributed by atoms with E-state index >= 15 is 0 Å². The molecule has 5 rings (SSSR count). The minimum atomic E-state index is -0.478. The maximum atomic E-state index is 14.1. The van der Waals surface area contributed by atoms with Crippen LogP contribution in [-0.2, 0) is 4.79 Å². The zero-order valence-corrected chi connectivity index (χ0v) is 20.5. The highest BCUT2D eigenvalue weighted by Gasteiger charge is 2.52. The smallest absolute Gasteiger partial charge is 0.321 e. The van der Waals surface area contributed by atoms with Gasteiger partial charge in [0.05, 0.1) is 36.8 Å². The minimum Gasteiger partial charge on any atom is -0.497 e. The number of hydrogen-bond acceptors (Lipinski definition) is 5. The molecule has 0 aromatic heterocycles. The van der Waals surface area contributed by atoms with Gasteiger partial charge in [-0.1, -0.05) is 19.1 Å². The molecule has 2 fully saturated rings. The molecular weight excluding hydrogens is 463 g/mol. The van der Waals surface area contributed by atoms with E-state index in [1.165, 1.54) is 12.1 Å². The predicted octanol–water partition coefficient (Wildman–Crippen LogP) is 1.91. The highest BCUT2D eigenvalue weighted by Crippen LogP contribution is 2.48. The van der Waals surface area contributed by atoms with Gasteiger partial charge in [0, 0.05) is 42.8 Å². The molecule has 0 saturated carbocycles. The fourth-order valence-corrected chi connectivity index (χ4v) is 5.92. The van der Waals surface area contributed by atoms with Gasteiger partial charge in [-0.25, -0.2) is 9.18 Å². The number of fused-ring (bicyclic) bond motifs is 3. The number of para-hydroxylation sites is 1. The number of aliphatic hydroxyl groups excluding tert-OH is 1. The van der Waals surface area contributed by atoms with Crippen LogP contribution >= 0.6 is 0 Å². The number of amides is 3. The van der Waals surface area contributed by atoms with Gasteiger partial charge in [-0.3, -0.25) is 9.79 Å². The van der Waals surface area contributed by atoms with Crippen molar-refractivity contribution in [2.75, 3.05) is 38.7 Å². The number of urea groups is 1. The molecule has 0 radical (unpaired) electrons. The van der Waals surface area contributed by atoms with E-state index in [0.29, 0.717) is 44.6 Å². The molecule has 0 bridgehead atoms. The predicted molar refractivity (Wildman–Crippen MR) is 133 cm³/mol. The summed E-state index contributed by atoms with van der Waals surface area (Å²) in [6.45, 7) is 3.03. The Morgan fingerprint density at radius 3 is 2.64 bits per heavy atom. The fourth-order valence-electron chi connectivity index (χ4n) is 5.92. The molecule has 8 nitrogen and oxygen atoms in total. The molecular formula is C27H31FN4O4. The molecule has 2 aromatic carbocycles. The number of aliphatic hydroxyl groups is 1. The number of nitrogens with one attached hydrogen (secondary N) is 1. The van der Waals surface area contributed by atoms with Crippen molar-refractivity contribution in [2.45, 2.75) is 38.3 Å². The molecule has 190 valence electrons. The molecule has 0 aliphatic carbocycles. The number of carbonyl (C=O) groups is 2. The van der Waals surface area contributed by atoms with Crippen molar-refractivity contribution in [3.63, 3.8) is 0 Å². The van der Waals surface area contributed by atoms with Crippen molar-refractivity contribution in [3.8, 4) is 5.75 Å². The number of carbonyl (C=O) groups excluding carboxylic acids is 2. The molecule has 3 heterocycles. The van der Waals surface area contributed by atoms with E-state index in [1.54, 1.807) is 29.0 Å². The van der Waals surface area contributed by atoms with Gasteiger partial charge >= 0.3 is 6.03 Å². The molecule has 9 heteroatoms. The summed E-state index contributed by atoms with van der Waals surface area (Å²) in [6, 6.07) is 10.8. The Balaban J connectivity index is 1.48. The van der Waals surface area contributed by atoms with Crippen LogP contribution in [0.4, 0.5) is 14.9 Å². The van der Waals surface area contributed by atoms with E-state index in [0.717, 1.165) is 16.1 Å². The van der Waals surface area contributed by atoms with Crippen LogP contribution in [0.2, 0.25) is 0 Å². The summed E-state index contributed by atoms with van der Waals surface area (Å²) in [5, 5.41) is 14.8. The Labute approximate surface area is 209 Å². The fraction of sp³-hybridized carbons (Fsp3) is 0.444. The molecule has 3 aliphatic rings.